The quantitative estimate of drug-likeness (QED) is 0.588. The molecule has 1 heterocycles. The molecule has 132 valence electrons. The van der Waals surface area contributed by atoms with E-state index in [0.717, 1.165) is 16.9 Å². The number of likely N-dealkylation sites (tertiary alicyclic amines) is 1. The maximum Gasteiger partial charge on any atom is 0.410 e. The highest BCUT2D eigenvalue weighted by molar-refractivity contribution is 5.82. The largest absolute Gasteiger partial charge is 0.459 e. The summed E-state index contributed by atoms with van der Waals surface area (Å²) in [6.07, 6.45) is -0.198. The Hall–Kier alpha value is -2.18. The number of hydrogen-bond donors (Lipinski definition) is 0. The molecule has 5 nitrogen and oxygen atoms in total. The van der Waals surface area contributed by atoms with E-state index in [0.29, 0.717) is 6.42 Å². The topological polar surface area (TPSA) is 55.8 Å². The number of amides is 1. The van der Waals surface area contributed by atoms with Crippen molar-refractivity contribution in [3.63, 3.8) is 0 Å². The third-order valence-electron chi connectivity index (χ3n) is 3.72. The van der Waals surface area contributed by atoms with Crippen LogP contribution < -0.4 is 0 Å². The summed E-state index contributed by atoms with van der Waals surface area (Å²) in [7, 11) is 0. The summed E-state index contributed by atoms with van der Waals surface area (Å²) >= 11 is 0. The lowest BCUT2D eigenvalue weighted by Crippen LogP contribution is -2.42. The van der Waals surface area contributed by atoms with Crippen LogP contribution in [0.5, 0.6) is 0 Å². The summed E-state index contributed by atoms with van der Waals surface area (Å²) in [6, 6.07) is 7.57. The van der Waals surface area contributed by atoms with Gasteiger partial charge in [0.1, 0.15) is 12.6 Å². The minimum atomic E-state index is -3.12. The summed E-state index contributed by atoms with van der Waals surface area (Å²) in [5, 5.41) is 0. The van der Waals surface area contributed by atoms with E-state index in [9.17, 15) is 18.4 Å². The smallest absolute Gasteiger partial charge is 0.410 e. The third kappa shape index (κ3) is 4.91. The van der Waals surface area contributed by atoms with Gasteiger partial charge in [-0.05, 0) is 12.0 Å². The molecule has 1 aromatic carbocycles. The molecular weight excluding hydrogens is 320 g/mol. The van der Waals surface area contributed by atoms with Crippen LogP contribution in [0.25, 0.3) is 0 Å². The van der Waals surface area contributed by atoms with Gasteiger partial charge >= 0.3 is 12.1 Å². The molecule has 2 rings (SSSR count). The second-order valence-electron chi connectivity index (χ2n) is 5.77. The lowest BCUT2D eigenvalue weighted by Gasteiger charge is -2.22. The number of ether oxygens (including phenoxy) is 2. The Labute approximate surface area is 139 Å². The minimum absolute atomic E-state index is 0.0273. The standard InChI is InChI=1S/C17H21F2NO4/c1-2-3-9-23-16(22)20-12-17(18,19)10-14(20)15(21)24-11-13-7-5-4-6-8-13/h4-8,14H,2-3,9-12H2,1H3/t14-/m1/s1. The van der Waals surface area contributed by atoms with Crippen LogP contribution in [0.2, 0.25) is 0 Å². The molecule has 0 N–H and O–H groups in total. The van der Waals surface area contributed by atoms with Crippen molar-refractivity contribution in [2.45, 2.75) is 44.8 Å². The lowest BCUT2D eigenvalue weighted by molar-refractivity contribution is -0.150. The van der Waals surface area contributed by atoms with Crippen LogP contribution in [0.1, 0.15) is 31.7 Å². The van der Waals surface area contributed by atoms with Crippen molar-refractivity contribution in [2.75, 3.05) is 13.2 Å². The molecule has 0 aromatic heterocycles. The molecule has 0 bridgehead atoms. The third-order valence-corrected chi connectivity index (χ3v) is 3.72. The van der Waals surface area contributed by atoms with Crippen molar-refractivity contribution in [1.29, 1.82) is 0 Å². The molecule has 1 atom stereocenters. The van der Waals surface area contributed by atoms with Crippen LogP contribution in [0.3, 0.4) is 0 Å². The number of carbonyl (C=O) groups excluding carboxylic acids is 2. The predicted molar refractivity (Wildman–Crippen MR) is 82.6 cm³/mol. The van der Waals surface area contributed by atoms with Crippen LogP contribution in [0.4, 0.5) is 13.6 Å². The molecule has 0 unspecified atom stereocenters. The number of alkyl halides is 2. The summed E-state index contributed by atoms with van der Waals surface area (Å²) < 4.78 is 37.4. The van der Waals surface area contributed by atoms with E-state index >= 15 is 0 Å². The Bertz CT molecular complexity index is 565. The number of halogens is 2. The van der Waals surface area contributed by atoms with Gasteiger partial charge < -0.3 is 9.47 Å². The van der Waals surface area contributed by atoms with Gasteiger partial charge in [-0.15, -0.1) is 0 Å². The molecule has 1 aromatic rings. The van der Waals surface area contributed by atoms with E-state index in [4.69, 9.17) is 9.47 Å². The molecular formula is C17H21F2NO4. The van der Waals surface area contributed by atoms with Crippen LogP contribution in [-0.2, 0) is 20.9 Å². The fourth-order valence-electron chi connectivity index (χ4n) is 2.43. The second kappa shape index (κ2) is 8.08. The first-order valence-corrected chi connectivity index (χ1v) is 7.95. The number of benzene rings is 1. The lowest BCUT2D eigenvalue weighted by atomic mass is 10.2. The SMILES string of the molecule is CCCCOC(=O)N1CC(F)(F)C[C@@H]1C(=O)OCc1ccccc1. The van der Waals surface area contributed by atoms with Crippen LogP contribution >= 0.6 is 0 Å². The molecule has 0 spiro atoms. The molecule has 1 aliphatic heterocycles. The van der Waals surface area contributed by atoms with Crippen molar-refractivity contribution in [3.05, 3.63) is 35.9 Å². The summed E-state index contributed by atoms with van der Waals surface area (Å²) in [4.78, 5) is 24.9. The van der Waals surface area contributed by atoms with Crippen molar-refractivity contribution < 1.29 is 27.8 Å². The number of esters is 1. The number of carbonyl (C=O) groups is 2. The molecule has 7 heteroatoms. The Balaban J connectivity index is 1.96. The van der Waals surface area contributed by atoms with Gasteiger partial charge in [0.05, 0.1) is 13.2 Å². The van der Waals surface area contributed by atoms with Gasteiger partial charge in [-0.3, -0.25) is 4.90 Å². The van der Waals surface area contributed by atoms with E-state index in [2.05, 4.69) is 0 Å². The highest BCUT2D eigenvalue weighted by atomic mass is 19.3. The molecule has 1 amide bonds. The van der Waals surface area contributed by atoms with Crippen molar-refractivity contribution in [3.8, 4) is 0 Å². The second-order valence-corrected chi connectivity index (χ2v) is 5.77. The summed E-state index contributed by atoms with van der Waals surface area (Å²) in [5.41, 5.74) is 0.743. The van der Waals surface area contributed by atoms with Crippen molar-refractivity contribution in [2.24, 2.45) is 0 Å². The van der Waals surface area contributed by atoms with Crippen LogP contribution in [0.15, 0.2) is 30.3 Å². The predicted octanol–water partition coefficient (Wildman–Crippen LogP) is 3.38. The molecule has 0 radical (unpaired) electrons. The van der Waals surface area contributed by atoms with Crippen LogP contribution in [0, 0.1) is 0 Å². The van der Waals surface area contributed by atoms with E-state index in [1.54, 1.807) is 24.3 Å². The van der Waals surface area contributed by atoms with E-state index in [-0.39, 0.29) is 13.2 Å². The number of nitrogens with zero attached hydrogens (tertiary/aromatic N) is 1. The maximum absolute atomic E-state index is 13.7. The van der Waals surface area contributed by atoms with Gasteiger partial charge in [0.25, 0.3) is 5.92 Å². The maximum atomic E-state index is 13.7. The fourth-order valence-corrected chi connectivity index (χ4v) is 2.43. The highest BCUT2D eigenvalue weighted by Crippen LogP contribution is 2.33. The van der Waals surface area contributed by atoms with E-state index in [1.165, 1.54) is 0 Å². The Morgan fingerprint density at radius 2 is 1.96 bits per heavy atom. The number of hydrogen-bond acceptors (Lipinski definition) is 4. The Kier molecular flexibility index (Phi) is 6.11. The van der Waals surface area contributed by atoms with Crippen LogP contribution in [-0.4, -0.2) is 42.1 Å². The van der Waals surface area contributed by atoms with Crippen molar-refractivity contribution in [1.82, 2.24) is 4.90 Å². The van der Waals surface area contributed by atoms with E-state index in [1.807, 2.05) is 13.0 Å². The summed E-state index contributed by atoms with van der Waals surface area (Å²) in [6.45, 7) is 1.20. The van der Waals surface area contributed by atoms with Gasteiger partial charge in [-0.2, -0.15) is 0 Å². The van der Waals surface area contributed by atoms with Gasteiger partial charge in [0.15, 0.2) is 0 Å². The first kappa shape index (κ1) is 18.2. The fraction of sp³-hybridized carbons (Fsp3) is 0.529. The number of unbranched alkanes of at least 4 members (excludes halogenated alkanes) is 1. The van der Waals surface area contributed by atoms with Gasteiger partial charge in [0.2, 0.25) is 0 Å². The van der Waals surface area contributed by atoms with Crippen molar-refractivity contribution >= 4 is 12.1 Å². The average Bonchev–Trinajstić information content (AvgIpc) is 2.90. The molecule has 0 aliphatic carbocycles. The molecule has 1 saturated heterocycles. The van der Waals surface area contributed by atoms with E-state index < -0.39 is 37.0 Å². The molecule has 1 aliphatic rings. The Morgan fingerprint density at radius 1 is 1.25 bits per heavy atom. The molecule has 0 saturated carbocycles. The zero-order valence-corrected chi connectivity index (χ0v) is 13.5. The molecule has 1 fully saturated rings. The average molecular weight is 341 g/mol. The van der Waals surface area contributed by atoms with Gasteiger partial charge in [0, 0.05) is 6.42 Å². The Morgan fingerprint density at radius 3 is 2.62 bits per heavy atom. The first-order valence-electron chi connectivity index (χ1n) is 7.95. The normalized spacial score (nSPS) is 19.1. The number of rotatable bonds is 6. The first-order chi connectivity index (χ1) is 11.4. The molecule has 24 heavy (non-hydrogen) atoms. The minimum Gasteiger partial charge on any atom is -0.459 e. The highest BCUT2D eigenvalue weighted by Gasteiger charge is 2.51. The van der Waals surface area contributed by atoms with Gasteiger partial charge in [-0.25, -0.2) is 18.4 Å². The zero-order valence-electron chi connectivity index (χ0n) is 13.5. The summed E-state index contributed by atoms with van der Waals surface area (Å²) in [5.74, 6) is -3.97. The van der Waals surface area contributed by atoms with Gasteiger partial charge in [-0.1, -0.05) is 43.7 Å². The monoisotopic (exact) mass is 341 g/mol. The zero-order chi connectivity index (χ0) is 17.6.